The number of methoxy groups -OCH3 is 1. The molecular weight excluding hydrogens is 392 g/mol. The number of fused-ring (bicyclic) bond motifs is 1. The molecule has 0 saturated carbocycles. The predicted molar refractivity (Wildman–Crippen MR) is 120 cm³/mol. The van der Waals surface area contributed by atoms with Gasteiger partial charge >= 0.3 is 0 Å². The summed E-state index contributed by atoms with van der Waals surface area (Å²) in [6.45, 7) is 4.35. The van der Waals surface area contributed by atoms with E-state index in [9.17, 15) is 4.79 Å². The van der Waals surface area contributed by atoms with E-state index in [0.717, 1.165) is 54.9 Å². The molecule has 0 aliphatic carbocycles. The van der Waals surface area contributed by atoms with E-state index in [0.29, 0.717) is 30.4 Å². The standard InChI is InChI=1S/C24H28N4O3/c1-5-18-20(14-25-3)19(6-7-23(18)30-4)24-21-15-27(16(2)29)11-8-22(21)28(26-24)17-9-12-31-13-10-17/h1,6-7,14,17H,8-13,15H2,2-4H3/b25-14-. The number of ether oxygens (including phenoxy) is 2. The minimum Gasteiger partial charge on any atom is -0.495 e. The fourth-order valence-electron chi connectivity index (χ4n) is 4.55. The number of benzene rings is 1. The quantitative estimate of drug-likeness (QED) is 0.563. The van der Waals surface area contributed by atoms with E-state index >= 15 is 0 Å². The monoisotopic (exact) mass is 420 g/mol. The number of carbonyl (C=O) groups excluding carboxylic acids is 1. The molecular formula is C24H28N4O3. The molecule has 7 nitrogen and oxygen atoms in total. The normalized spacial score (nSPS) is 16.9. The molecule has 1 aromatic heterocycles. The van der Waals surface area contributed by atoms with Gasteiger partial charge in [-0.2, -0.15) is 5.10 Å². The Morgan fingerprint density at radius 3 is 2.81 bits per heavy atom. The summed E-state index contributed by atoms with van der Waals surface area (Å²) in [6, 6.07) is 4.16. The first-order chi connectivity index (χ1) is 15.1. The molecule has 0 unspecified atom stereocenters. The lowest BCUT2D eigenvalue weighted by Crippen LogP contribution is -2.35. The van der Waals surface area contributed by atoms with Gasteiger partial charge in [0.25, 0.3) is 0 Å². The average molecular weight is 421 g/mol. The predicted octanol–water partition coefficient (Wildman–Crippen LogP) is 2.84. The maximum absolute atomic E-state index is 12.1. The summed E-state index contributed by atoms with van der Waals surface area (Å²) in [5, 5.41) is 5.11. The lowest BCUT2D eigenvalue weighted by molar-refractivity contribution is -0.129. The van der Waals surface area contributed by atoms with Crippen molar-refractivity contribution in [3.63, 3.8) is 0 Å². The fraction of sp³-hybridized carbons (Fsp3) is 0.458. The number of terminal acetylenes is 1. The highest BCUT2D eigenvalue weighted by atomic mass is 16.5. The molecule has 0 spiro atoms. The summed E-state index contributed by atoms with van der Waals surface area (Å²) in [6.07, 6.45) is 10.3. The summed E-state index contributed by atoms with van der Waals surface area (Å²) in [5.74, 6) is 3.46. The molecule has 0 bridgehead atoms. The van der Waals surface area contributed by atoms with Gasteiger partial charge in [0.1, 0.15) is 5.75 Å². The summed E-state index contributed by atoms with van der Waals surface area (Å²) in [4.78, 5) is 18.2. The lowest BCUT2D eigenvalue weighted by Gasteiger charge is -2.29. The third-order valence-electron chi connectivity index (χ3n) is 6.15. The van der Waals surface area contributed by atoms with E-state index in [1.165, 1.54) is 5.69 Å². The molecule has 7 heteroatoms. The van der Waals surface area contributed by atoms with Gasteiger partial charge < -0.3 is 14.4 Å². The number of aliphatic imine (C=N–C) groups is 1. The van der Waals surface area contributed by atoms with Crippen LogP contribution in [0.5, 0.6) is 5.75 Å². The number of aromatic nitrogens is 2. The van der Waals surface area contributed by atoms with Crippen LogP contribution >= 0.6 is 0 Å². The second-order valence-corrected chi connectivity index (χ2v) is 7.89. The highest BCUT2D eigenvalue weighted by Gasteiger charge is 2.31. The number of hydrogen-bond acceptors (Lipinski definition) is 5. The topological polar surface area (TPSA) is 69.0 Å². The number of carbonyl (C=O) groups is 1. The van der Waals surface area contributed by atoms with Crippen LogP contribution in [-0.2, 0) is 22.5 Å². The Balaban J connectivity index is 1.92. The maximum Gasteiger partial charge on any atom is 0.219 e. The first-order valence-corrected chi connectivity index (χ1v) is 10.6. The van der Waals surface area contributed by atoms with Gasteiger partial charge in [-0.1, -0.05) is 5.92 Å². The van der Waals surface area contributed by atoms with Crippen LogP contribution in [0.15, 0.2) is 17.1 Å². The van der Waals surface area contributed by atoms with Crippen LogP contribution in [0.1, 0.15) is 48.2 Å². The van der Waals surface area contributed by atoms with Crippen LogP contribution in [0.4, 0.5) is 0 Å². The lowest BCUT2D eigenvalue weighted by atomic mass is 9.94. The molecule has 3 heterocycles. The van der Waals surface area contributed by atoms with E-state index in [1.54, 1.807) is 27.3 Å². The van der Waals surface area contributed by atoms with Gasteiger partial charge in [-0.3, -0.25) is 14.5 Å². The Hall–Kier alpha value is -3.11. The van der Waals surface area contributed by atoms with E-state index < -0.39 is 0 Å². The van der Waals surface area contributed by atoms with Crippen LogP contribution in [0.3, 0.4) is 0 Å². The van der Waals surface area contributed by atoms with Crippen molar-refractivity contribution in [3.05, 3.63) is 34.5 Å². The second-order valence-electron chi connectivity index (χ2n) is 7.89. The fourth-order valence-corrected chi connectivity index (χ4v) is 4.55. The number of nitrogens with zero attached hydrogens (tertiary/aromatic N) is 4. The zero-order valence-corrected chi connectivity index (χ0v) is 18.4. The zero-order valence-electron chi connectivity index (χ0n) is 18.4. The molecule has 1 fully saturated rings. The van der Waals surface area contributed by atoms with Gasteiger partial charge in [0.2, 0.25) is 5.91 Å². The third kappa shape index (κ3) is 3.84. The van der Waals surface area contributed by atoms with Gasteiger partial charge in [-0.25, -0.2) is 0 Å². The van der Waals surface area contributed by atoms with Crippen molar-refractivity contribution < 1.29 is 14.3 Å². The molecule has 0 radical (unpaired) electrons. The average Bonchev–Trinajstić information content (AvgIpc) is 3.18. The Bertz CT molecular complexity index is 1060. The Labute approximate surface area is 183 Å². The summed E-state index contributed by atoms with van der Waals surface area (Å²) >= 11 is 0. The van der Waals surface area contributed by atoms with Gasteiger partial charge in [0.15, 0.2) is 0 Å². The minimum absolute atomic E-state index is 0.0739. The number of amides is 1. The Kier molecular flexibility index (Phi) is 6.10. The molecule has 1 aromatic carbocycles. The van der Waals surface area contributed by atoms with Crippen LogP contribution in [-0.4, -0.2) is 60.7 Å². The third-order valence-corrected chi connectivity index (χ3v) is 6.15. The molecule has 4 rings (SSSR count). The van der Waals surface area contributed by atoms with Crippen molar-refractivity contribution in [1.82, 2.24) is 14.7 Å². The molecule has 1 saturated heterocycles. The zero-order chi connectivity index (χ0) is 22.0. The summed E-state index contributed by atoms with van der Waals surface area (Å²) < 4.78 is 13.2. The SMILES string of the molecule is C#Cc1c(OC)ccc(-c2nn(C3CCOCC3)c3c2CN(C(C)=O)CC3)c1/C=N\C. The Morgan fingerprint density at radius 2 is 2.16 bits per heavy atom. The summed E-state index contributed by atoms with van der Waals surface area (Å²) in [7, 11) is 3.33. The first-order valence-electron chi connectivity index (χ1n) is 10.6. The highest BCUT2D eigenvalue weighted by Crippen LogP contribution is 2.37. The number of hydrogen-bond donors (Lipinski definition) is 0. The van der Waals surface area contributed by atoms with E-state index in [4.69, 9.17) is 21.0 Å². The van der Waals surface area contributed by atoms with Crippen LogP contribution in [0, 0.1) is 12.3 Å². The van der Waals surface area contributed by atoms with E-state index in [1.807, 2.05) is 17.0 Å². The molecule has 2 aliphatic heterocycles. The Morgan fingerprint density at radius 1 is 1.39 bits per heavy atom. The molecule has 31 heavy (non-hydrogen) atoms. The van der Waals surface area contributed by atoms with Gasteiger partial charge in [0.05, 0.1) is 24.4 Å². The molecule has 1 amide bonds. The molecule has 0 N–H and O–H groups in total. The second kappa shape index (κ2) is 8.94. The number of rotatable bonds is 4. The van der Waals surface area contributed by atoms with Gasteiger partial charge in [-0.15, -0.1) is 6.42 Å². The van der Waals surface area contributed by atoms with Gasteiger partial charge in [-0.05, 0) is 25.0 Å². The van der Waals surface area contributed by atoms with Crippen molar-refractivity contribution in [2.75, 3.05) is 33.9 Å². The van der Waals surface area contributed by atoms with Crippen molar-refractivity contribution in [2.24, 2.45) is 4.99 Å². The summed E-state index contributed by atoms with van der Waals surface area (Å²) in [5.41, 5.74) is 5.53. The van der Waals surface area contributed by atoms with Crippen molar-refractivity contribution >= 4 is 12.1 Å². The molecule has 2 aromatic rings. The molecule has 2 aliphatic rings. The minimum atomic E-state index is 0.0739. The smallest absolute Gasteiger partial charge is 0.219 e. The first kappa shape index (κ1) is 21.1. The van der Waals surface area contributed by atoms with Crippen LogP contribution in [0.2, 0.25) is 0 Å². The maximum atomic E-state index is 12.1. The van der Waals surface area contributed by atoms with Crippen molar-refractivity contribution in [1.29, 1.82) is 0 Å². The highest BCUT2D eigenvalue weighted by molar-refractivity contribution is 5.94. The molecule has 0 atom stereocenters. The van der Waals surface area contributed by atoms with Crippen molar-refractivity contribution in [2.45, 2.75) is 38.8 Å². The molecule has 162 valence electrons. The van der Waals surface area contributed by atoms with E-state index in [2.05, 4.69) is 15.6 Å². The largest absolute Gasteiger partial charge is 0.495 e. The van der Waals surface area contributed by atoms with Crippen molar-refractivity contribution in [3.8, 4) is 29.4 Å². The van der Waals surface area contributed by atoms with Crippen LogP contribution in [0.25, 0.3) is 11.3 Å². The van der Waals surface area contributed by atoms with Gasteiger partial charge in [0, 0.05) is 75.3 Å². The van der Waals surface area contributed by atoms with Crippen LogP contribution < -0.4 is 4.74 Å². The van der Waals surface area contributed by atoms with E-state index in [-0.39, 0.29) is 5.91 Å².